The number of rotatable bonds is 4. The zero-order valence-corrected chi connectivity index (χ0v) is 11.1. The van der Waals surface area contributed by atoms with Gasteiger partial charge in [0.2, 0.25) is 0 Å². The van der Waals surface area contributed by atoms with Crippen LogP contribution in [-0.4, -0.2) is 18.8 Å². The Morgan fingerprint density at radius 1 is 1.44 bits per heavy atom. The lowest BCUT2D eigenvalue weighted by Gasteiger charge is -2.27. The molecule has 0 heterocycles. The molecule has 0 saturated carbocycles. The topological polar surface area (TPSA) is 12.0 Å². The van der Waals surface area contributed by atoms with Crippen molar-refractivity contribution < 1.29 is 0 Å². The molecule has 0 saturated heterocycles. The highest BCUT2D eigenvalue weighted by molar-refractivity contribution is 7.98. The van der Waals surface area contributed by atoms with Gasteiger partial charge in [0.25, 0.3) is 0 Å². The van der Waals surface area contributed by atoms with E-state index >= 15 is 0 Å². The van der Waals surface area contributed by atoms with Crippen molar-refractivity contribution in [3.8, 4) is 0 Å². The summed E-state index contributed by atoms with van der Waals surface area (Å²) in [6.45, 7) is 3.39. The monoisotopic (exact) mass is 235 g/mol. The molecule has 0 spiro atoms. The molecule has 0 amide bonds. The summed E-state index contributed by atoms with van der Waals surface area (Å²) in [5.41, 5.74) is 3.16. The van der Waals surface area contributed by atoms with Gasteiger partial charge in [-0.3, -0.25) is 0 Å². The SMILES string of the molecule is CCCNC1CCc2cccc(SC)c2C1. The van der Waals surface area contributed by atoms with Crippen LogP contribution in [0.25, 0.3) is 0 Å². The number of hydrogen-bond acceptors (Lipinski definition) is 2. The quantitative estimate of drug-likeness (QED) is 0.804. The fourth-order valence-electron chi connectivity index (χ4n) is 2.47. The number of benzene rings is 1. The van der Waals surface area contributed by atoms with E-state index in [1.54, 1.807) is 11.1 Å². The lowest BCUT2D eigenvalue weighted by atomic mass is 9.88. The maximum atomic E-state index is 3.65. The van der Waals surface area contributed by atoms with E-state index in [1.165, 1.54) is 30.6 Å². The molecule has 0 aromatic heterocycles. The first kappa shape index (κ1) is 12.0. The first-order valence-electron chi connectivity index (χ1n) is 6.23. The minimum atomic E-state index is 0.695. The summed E-state index contributed by atoms with van der Waals surface area (Å²) < 4.78 is 0. The van der Waals surface area contributed by atoms with Gasteiger partial charge in [-0.15, -0.1) is 11.8 Å². The van der Waals surface area contributed by atoms with Crippen LogP contribution in [0.3, 0.4) is 0 Å². The van der Waals surface area contributed by atoms with E-state index < -0.39 is 0 Å². The lowest BCUT2D eigenvalue weighted by Crippen LogP contribution is -2.35. The minimum absolute atomic E-state index is 0.695. The van der Waals surface area contributed by atoms with Crippen molar-refractivity contribution >= 4 is 11.8 Å². The molecule has 2 rings (SSSR count). The van der Waals surface area contributed by atoms with Crippen molar-refractivity contribution in [2.45, 2.75) is 43.5 Å². The van der Waals surface area contributed by atoms with Crippen LogP contribution in [0.15, 0.2) is 23.1 Å². The highest BCUT2D eigenvalue weighted by Gasteiger charge is 2.19. The Kier molecular flexibility index (Phi) is 4.30. The van der Waals surface area contributed by atoms with Crippen LogP contribution in [0.4, 0.5) is 0 Å². The van der Waals surface area contributed by atoms with E-state index in [1.807, 2.05) is 11.8 Å². The molecular weight excluding hydrogens is 214 g/mol. The van der Waals surface area contributed by atoms with Crippen LogP contribution >= 0.6 is 11.8 Å². The second-order valence-corrected chi connectivity index (χ2v) is 5.34. The Bertz CT molecular complexity index is 334. The molecule has 88 valence electrons. The van der Waals surface area contributed by atoms with Gasteiger partial charge >= 0.3 is 0 Å². The summed E-state index contributed by atoms with van der Waals surface area (Å²) >= 11 is 1.88. The summed E-state index contributed by atoms with van der Waals surface area (Å²) in [6.07, 6.45) is 7.16. The molecule has 1 aliphatic rings. The first-order valence-corrected chi connectivity index (χ1v) is 7.45. The van der Waals surface area contributed by atoms with E-state index in [4.69, 9.17) is 0 Å². The summed E-state index contributed by atoms with van der Waals surface area (Å²) in [5.74, 6) is 0. The van der Waals surface area contributed by atoms with Crippen molar-refractivity contribution in [1.29, 1.82) is 0 Å². The smallest absolute Gasteiger partial charge is 0.0111 e. The van der Waals surface area contributed by atoms with Crippen LogP contribution in [-0.2, 0) is 12.8 Å². The van der Waals surface area contributed by atoms with Crippen molar-refractivity contribution in [1.82, 2.24) is 5.32 Å². The van der Waals surface area contributed by atoms with Crippen LogP contribution in [0, 0.1) is 0 Å². The number of thioether (sulfide) groups is 1. The van der Waals surface area contributed by atoms with E-state index in [0.717, 1.165) is 6.54 Å². The molecule has 0 bridgehead atoms. The normalized spacial score (nSPS) is 19.5. The summed E-state index contributed by atoms with van der Waals surface area (Å²) in [7, 11) is 0. The van der Waals surface area contributed by atoms with Gasteiger partial charge in [-0.25, -0.2) is 0 Å². The molecule has 1 aromatic rings. The molecule has 1 N–H and O–H groups in total. The number of fused-ring (bicyclic) bond motifs is 1. The Balaban J connectivity index is 2.11. The Hall–Kier alpha value is -0.470. The maximum Gasteiger partial charge on any atom is 0.0111 e. The third kappa shape index (κ3) is 2.61. The van der Waals surface area contributed by atoms with Gasteiger partial charge < -0.3 is 5.32 Å². The van der Waals surface area contributed by atoms with Gasteiger partial charge in [-0.05, 0) is 55.7 Å². The molecule has 1 aromatic carbocycles. The molecule has 16 heavy (non-hydrogen) atoms. The number of aryl methyl sites for hydroxylation is 1. The predicted molar refractivity (Wildman–Crippen MR) is 72.3 cm³/mol. The van der Waals surface area contributed by atoms with Gasteiger partial charge in [0.15, 0.2) is 0 Å². The summed E-state index contributed by atoms with van der Waals surface area (Å²) in [5, 5.41) is 3.65. The summed E-state index contributed by atoms with van der Waals surface area (Å²) in [6, 6.07) is 7.45. The molecule has 1 unspecified atom stereocenters. The second kappa shape index (κ2) is 5.74. The molecule has 0 radical (unpaired) electrons. The highest BCUT2D eigenvalue weighted by atomic mass is 32.2. The molecule has 2 heteroatoms. The van der Waals surface area contributed by atoms with Gasteiger partial charge in [0, 0.05) is 10.9 Å². The molecule has 1 nitrogen and oxygen atoms in total. The molecule has 1 aliphatic carbocycles. The lowest BCUT2D eigenvalue weighted by molar-refractivity contribution is 0.456. The maximum absolute atomic E-state index is 3.65. The molecule has 1 atom stereocenters. The summed E-state index contributed by atoms with van der Waals surface area (Å²) in [4.78, 5) is 1.47. The second-order valence-electron chi connectivity index (χ2n) is 4.49. The van der Waals surface area contributed by atoms with Gasteiger partial charge in [0.1, 0.15) is 0 Å². The molecular formula is C14H21NS. The zero-order chi connectivity index (χ0) is 11.4. The fraction of sp³-hybridized carbons (Fsp3) is 0.571. The van der Waals surface area contributed by atoms with E-state index in [9.17, 15) is 0 Å². The predicted octanol–water partition coefficient (Wildman–Crippen LogP) is 3.27. The number of nitrogens with one attached hydrogen (secondary N) is 1. The standard InChI is InChI=1S/C14H21NS/c1-3-9-15-12-8-7-11-5-4-6-14(16-2)13(11)10-12/h4-6,12,15H,3,7-10H2,1-2H3. The molecule has 0 fully saturated rings. The van der Waals surface area contributed by atoms with Gasteiger partial charge in [-0.1, -0.05) is 19.1 Å². The van der Waals surface area contributed by atoms with E-state index in [-0.39, 0.29) is 0 Å². The van der Waals surface area contributed by atoms with Crippen molar-refractivity contribution in [2.75, 3.05) is 12.8 Å². The van der Waals surface area contributed by atoms with E-state index in [0.29, 0.717) is 6.04 Å². The van der Waals surface area contributed by atoms with Crippen molar-refractivity contribution in [3.05, 3.63) is 29.3 Å². The van der Waals surface area contributed by atoms with Crippen molar-refractivity contribution in [2.24, 2.45) is 0 Å². The zero-order valence-electron chi connectivity index (χ0n) is 10.3. The molecule has 0 aliphatic heterocycles. The van der Waals surface area contributed by atoms with E-state index in [2.05, 4.69) is 36.7 Å². The van der Waals surface area contributed by atoms with Crippen LogP contribution in [0.2, 0.25) is 0 Å². The first-order chi connectivity index (χ1) is 7.85. The number of hydrogen-bond donors (Lipinski definition) is 1. The van der Waals surface area contributed by atoms with Crippen LogP contribution in [0.5, 0.6) is 0 Å². The Labute approximate surface area is 103 Å². The Morgan fingerprint density at radius 2 is 2.31 bits per heavy atom. The largest absolute Gasteiger partial charge is 0.314 e. The van der Waals surface area contributed by atoms with Gasteiger partial charge in [0.05, 0.1) is 0 Å². The van der Waals surface area contributed by atoms with Crippen LogP contribution < -0.4 is 5.32 Å². The fourth-order valence-corrected chi connectivity index (χ4v) is 3.14. The Morgan fingerprint density at radius 3 is 3.06 bits per heavy atom. The average Bonchev–Trinajstić information content (AvgIpc) is 2.35. The third-order valence-corrected chi connectivity index (χ3v) is 4.17. The third-order valence-electron chi connectivity index (χ3n) is 3.35. The van der Waals surface area contributed by atoms with Crippen LogP contribution in [0.1, 0.15) is 30.9 Å². The average molecular weight is 235 g/mol. The minimum Gasteiger partial charge on any atom is -0.314 e. The van der Waals surface area contributed by atoms with Gasteiger partial charge in [-0.2, -0.15) is 0 Å². The van der Waals surface area contributed by atoms with Crippen molar-refractivity contribution in [3.63, 3.8) is 0 Å². The highest BCUT2D eigenvalue weighted by Crippen LogP contribution is 2.29.